The Bertz CT molecular complexity index is 323. The van der Waals surface area contributed by atoms with Crippen molar-refractivity contribution in [3.8, 4) is 6.07 Å². The van der Waals surface area contributed by atoms with Crippen molar-refractivity contribution in [2.45, 2.75) is 20.8 Å². The zero-order valence-corrected chi connectivity index (χ0v) is 9.00. The van der Waals surface area contributed by atoms with Crippen LogP contribution in [0.1, 0.15) is 20.8 Å². The summed E-state index contributed by atoms with van der Waals surface area (Å²) in [4.78, 5) is 11.3. The number of hydrogen-bond acceptors (Lipinski definition) is 3. The summed E-state index contributed by atoms with van der Waals surface area (Å²) in [5, 5.41) is 8.63. The van der Waals surface area contributed by atoms with E-state index in [4.69, 9.17) is 10.00 Å². The second kappa shape index (κ2) is 3.45. The Hall–Kier alpha value is -1.30. The molecular weight excluding hydrogens is 178 g/mol. The predicted octanol–water partition coefficient (Wildman–Crippen LogP) is 1.90. The van der Waals surface area contributed by atoms with Crippen molar-refractivity contribution in [3.63, 3.8) is 0 Å². The fraction of sp³-hybridized carbons (Fsp3) is 0.636. The van der Waals surface area contributed by atoms with Gasteiger partial charge in [-0.2, -0.15) is 5.26 Å². The summed E-state index contributed by atoms with van der Waals surface area (Å²) in [6.45, 7) is 5.78. The molecule has 0 aromatic carbocycles. The maximum absolute atomic E-state index is 11.3. The van der Waals surface area contributed by atoms with Gasteiger partial charge in [-0.25, -0.2) is 0 Å². The molecule has 0 unspecified atom stereocenters. The van der Waals surface area contributed by atoms with Crippen molar-refractivity contribution in [2.24, 2.45) is 17.3 Å². The standard InChI is InChI=1S/C11H15NO2/c1-7(6-12)5-8-9(10(13)14-4)11(8,2)3/h5,8-9H,1-4H3/b7-5+/t8-,9+/m0/s1. The minimum Gasteiger partial charge on any atom is -0.469 e. The van der Waals surface area contributed by atoms with Crippen LogP contribution in [0.3, 0.4) is 0 Å². The van der Waals surface area contributed by atoms with Crippen LogP contribution in [0.15, 0.2) is 11.6 Å². The number of rotatable bonds is 2. The van der Waals surface area contributed by atoms with Gasteiger partial charge in [-0.3, -0.25) is 4.79 Å². The van der Waals surface area contributed by atoms with Gasteiger partial charge in [0.1, 0.15) is 0 Å². The molecule has 0 heterocycles. The molecule has 0 aromatic heterocycles. The van der Waals surface area contributed by atoms with Crippen LogP contribution in [0.5, 0.6) is 0 Å². The third-order valence-electron chi connectivity index (χ3n) is 2.97. The van der Waals surface area contributed by atoms with Crippen LogP contribution in [-0.4, -0.2) is 13.1 Å². The molecule has 0 amide bonds. The number of allylic oxidation sites excluding steroid dienone is 2. The Morgan fingerprint density at radius 3 is 2.57 bits per heavy atom. The molecule has 1 saturated carbocycles. The van der Waals surface area contributed by atoms with E-state index in [1.54, 1.807) is 6.92 Å². The quantitative estimate of drug-likeness (QED) is 0.497. The normalized spacial score (nSPS) is 29.2. The van der Waals surface area contributed by atoms with Gasteiger partial charge in [0.05, 0.1) is 19.1 Å². The van der Waals surface area contributed by atoms with Crippen LogP contribution >= 0.6 is 0 Å². The Morgan fingerprint density at radius 1 is 1.57 bits per heavy atom. The van der Waals surface area contributed by atoms with E-state index in [2.05, 4.69) is 6.07 Å². The van der Waals surface area contributed by atoms with Crippen LogP contribution in [0, 0.1) is 28.6 Å². The van der Waals surface area contributed by atoms with Crippen molar-refractivity contribution in [1.82, 2.24) is 0 Å². The molecule has 0 spiro atoms. The molecule has 3 nitrogen and oxygen atoms in total. The minimum atomic E-state index is -0.179. The number of ether oxygens (including phenoxy) is 1. The highest BCUT2D eigenvalue weighted by Gasteiger charge is 2.61. The molecule has 1 aliphatic rings. The van der Waals surface area contributed by atoms with Gasteiger partial charge in [-0.15, -0.1) is 0 Å². The molecular formula is C11H15NO2. The van der Waals surface area contributed by atoms with Gasteiger partial charge in [-0.05, 0) is 18.3 Å². The van der Waals surface area contributed by atoms with Gasteiger partial charge in [0, 0.05) is 5.57 Å². The molecule has 3 heteroatoms. The smallest absolute Gasteiger partial charge is 0.309 e. The molecule has 0 saturated heterocycles. The molecule has 0 radical (unpaired) electrons. The minimum absolute atomic E-state index is 0.0643. The Morgan fingerprint density at radius 2 is 2.14 bits per heavy atom. The van der Waals surface area contributed by atoms with Gasteiger partial charge < -0.3 is 4.74 Å². The highest BCUT2D eigenvalue weighted by molar-refractivity contribution is 5.78. The van der Waals surface area contributed by atoms with E-state index in [-0.39, 0.29) is 23.2 Å². The van der Waals surface area contributed by atoms with Crippen molar-refractivity contribution in [3.05, 3.63) is 11.6 Å². The second-order valence-corrected chi connectivity index (χ2v) is 4.31. The number of nitriles is 1. The zero-order valence-electron chi connectivity index (χ0n) is 9.00. The molecule has 1 fully saturated rings. The van der Waals surface area contributed by atoms with E-state index in [0.29, 0.717) is 5.57 Å². The first-order valence-electron chi connectivity index (χ1n) is 4.61. The Kier molecular flexibility index (Phi) is 2.66. The van der Waals surface area contributed by atoms with Crippen molar-refractivity contribution >= 4 is 5.97 Å². The first-order valence-corrected chi connectivity index (χ1v) is 4.61. The Balaban J connectivity index is 2.77. The fourth-order valence-electron chi connectivity index (χ4n) is 1.87. The lowest BCUT2D eigenvalue weighted by molar-refractivity contribution is -0.143. The summed E-state index contributed by atoms with van der Waals surface area (Å²) < 4.78 is 4.70. The maximum Gasteiger partial charge on any atom is 0.309 e. The SMILES string of the molecule is COC(=O)[C@H]1[C@H](/C=C(\C)C#N)C1(C)C. The van der Waals surface area contributed by atoms with Crippen molar-refractivity contribution in [1.29, 1.82) is 5.26 Å². The first kappa shape index (κ1) is 10.8. The van der Waals surface area contributed by atoms with E-state index >= 15 is 0 Å². The highest BCUT2D eigenvalue weighted by Crippen LogP contribution is 2.59. The molecule has 0 bridgehead atoms. The molecule has 1 aliphatic carbocycles. The number of methoxy groups -OCH3 is 1. The second-order valence-electron chi connectivity index (χ2n) is 4.31. The van der Waals surface area contributed by atoms with Crippen LogP contribution in [0.25, 0.3) is 0 Å². The number of hydrogen-bond donors (Lipinski definition) is 0. The maximum atomic E-state index is 11.3. The fourth-order valence-corrected chi connectivity index (χ4v) is 1.87. The van der Waals surface area contributed by atoms with Crippen LogP contribution in [-0.2, 0) is 9.53 Å². The van der Waals surface area contributed by atoms with E-state index < -0.39 is 0 Å². The lowest BCUT2D eigenvalue weighted by atomic mass is 10.1. The van der Waals surface area contributed by atoms with Gasteiger partial charge in [-0.1, -0.05) is 19.9 Å². The molecule has 76 valence electrons. The Labute approximate surface area is 84.4 Å². The van der Waals surface area contributed by atoms with Crippen molar-refractivity contribution < 1.29 is 9.53 Å². The van der Waals surface area contributed by atoms with E-state index in [1.165, 1.54) is 7.11 Å². The molecule has 1 rings (SSSR count). The van der Waals surface area contributed by atoms with Crippen LogP contribution < -0.4 is 0 Å². The topological polar surface area (TPSA) is 50.1 Å². The van der Waals surface area contributed by atoms with E-state index in [1.807, 2.05) is 19.9 Å². The van der Waals surface area contributed by atoms with Crippen molar-refractivity contribution in [2.75, 3.05) is 7.11 Å². The summed E-state index contributed by atoms with van der Waals surface area (Å²) in [5.41, 5.74) is 0.597. The number of carbonyl (C=O) groups excluding carboxylic acids is 1. The lowest BCUT2D eigenvalue weighted by Crippen LogP contribution is -2.07. The molecule has 0 aromatic rings. The predicted molar refractivity (Wildman–Crippen MR) is 52.1 cm³/mol. The summed E-state index contributed by atoms with van der Waals surface area (Å²) in [5.74, 6) is -0.118. The highest BCUT2D eigenvalue weighted by atomic mass is 16.5. The summed E-state index contributed by atoms with van der Waals surface area (Å²) in [6.07, 6.45) is 1.86. The average Bonchev–Trinajstić information content (AvgIpc) is 2.67. The molecule has 14 heavy (non-hydrogen) atoms. The summed E-state index contributed by atoms with van der Waals surface area (Å²) in [7, 11) is 1.40. The lowest BCUT2D eigenvalue weighted by Gasteiger charge is -1.99. The zero-order chi connectivity index (χ0) is 10.9. The third-order valence-corrected chi connectivity index (χ3v) is 2.97. The average molecular weight is 193 g/mol. The van der Waals surface area contributed by atoms with Crippen LogP contribution in [0.4, 0.5) is 0 Å². The summed E-state index contributed by atoms with van der Waals surface area (Å²) >= 11 is 0. The first-order chi connectivity index (χ1) is 6.45. The van der Waals surface area contributed by atoms with Gasteiger partial charge in [0.15, 0.2) is 0 Å². The third kappa shape index (κ3) is 1.65. The molecule has 0 aliphatic heterocycles. The van der Waals surface area contributed by atoms with Gasteiger partial charge >= 0.3 is 5.97 Å². The summed E-state index contributed by atoms with van der Waals surface area (Å²) in [6, 6.07) is 2.06. The number of carbonyl (C=O) groups is 1. The van der Waals surface area contributed by atoms with E-state index in [9.17, 15) is 4.79 Å². The van der Waals surface area contributed by atoms with Crippen LogP contribution in [0.2, 0.25) is 0 Å². The van der Waals surface area contributed by atoms with Gasteiger partial charge in [0.2, 0.25) is 0 Å². The number of nitrogens with zero attached hydrogens (tertiary/aromatic N) is 1. The number of esters is 1. The molecule has 2 atom stereocenters. The van der Waals surface area contributed by atoms with Gasteiger partial charge in [0.25, 0.3) is 0 Å². The van der Waals surface area contributed by atoms with E-state index in [0.717, 1.165) is 0 Å². The molecule has 0 N–H and O–H groups in total. The monoisotopic (exact) mass is 193 g/mol. The largest absolute Gasteiger partial charge is 0.469 e.